The highest BCUT2D eigenvalue weighted by molar-refractivity contribution is 6.33. The average molecular weight is 298 g/mol. The van der Waals surface area contributed by atoms with E-state index < -0.39 is 5.97 Å². The number of carbonyl (C=O) groups is 2. The van der Waals surface area contributed by atoms with Gasteiger partial charge in [-0.25, -0.2) is 4.79 Å². The fraction of sp³-hybridized carbons (Fsp3) is 0.385. The van der Waals surface area contributed by atoms with Gasteiger partial charge in [-0.2, -0.15) is 0 Å². The molecule has 7 heteroatoms. The molecular weight excluding hydrogens is 282 g/mol. The Morgan fingerprint density at radius 3 is 2.45 bits per heavy atom. The third kappa shape index (κ3) is 3.54. The van der Waals surface area contributed by atoms with Crippen molar-refractivity contribution in [1.29, 1.82) is 0 Å². The number of hydrogen-bond donors (Lipinski definition) is 2. The van der Waals surface area contributed by atoms with Gasteiger partial charge in [-0.05, 0) is 12.1 Å². The number of carboxylic acids is 1. The zero-order valence-electron chi connectivity index (χ0n) is 10.9. The second kappa shape index (κ2) is 6.47. The second-order valence-corrected chi connectivity index (χ2v) is 4.89. The summed E-state index contributed by atoms with van der Waals surface area (Å²) in [7, 11) is 0. The van der Waals surface area contributed by atoms with Crippen molar-refractivity contribution in [3.8, 4) is 0 Å². The van der Waals surface area contributed by atoms with Gasteiger partial charge in [0, 0.05) is 26.2 Å². The molecule has 0 atom stereocenters. The summed E-state index contributed by atoms with van der Waals surface area (Å²) in [5, 5.41) is 11.6. The Hall–Kier alpha value is -1.95. The van der Waals surface area contributed by atoms with Crippen LogP contribution < -0.4 is 10.2 Å². The molecule has 108 valence electrons. The Labute approximate surface area is 121 Å². The van der Waals surface area contributed by atoms with Crippen LogP contribution in [0.5, 0.6) is 0 Å². The van der Waals surface area contributed by atoms with Crippen LogP contribution in [-0.4, -0.2) is 54.7 Å². The first kappa shape index (κ1) is 14.5. The van der Waals surface area contributed by atoms with Crippen molar-refractivity contribution in [1.82, 2.24) is 10.2 Å². The first-order valence-electron chi connectivity index (χ1n) is 6.32. The Balaban J connectivity index is 1.88. The monoisotopic (exact) mass is 297 g/mol. The van der Waals surface area contributed by atoms with Crippen LogP contribution in [0.2, 0.25) is 5.02 Å². The zero-order chi connectivity index (χ0) is 14.5. The molecule has 0 radical (unpaired) electrons. The molecule has 1 fully saturated rings. The van der Waals surface area contributed by atoms with Gasteiger partial charge < -0.3 is 20.2 Å². The van der Waals surface area contributed by atoms with Gasteiger partial charge in [0.05, 0.1) is 10.7 Å². The summed E-state index contributed by atoms with van der Waals surface area (Å²) in [6, 6.07) is 7.24. The van der Waals surface area contributed by atoms with Crippen LogP contribution in [0.15, 0.2) is 24.3 Å². The van der Waals surface area contributed by atoms with Crippen LogP contribution in [0, 0.1) is 0 Å². The van der Waals surface area contributed by atoms with Crippen LogP contribution in [0.3, 0.4) is 0 Å². The van der Waals surface area contributed by atoms with Crippen LogP contribution in [0.4, 0.5) is 10.5 Å². The lowest BCUT2D eigenvalue weighted by atomic mass is 10.2. The number of hydrogen-bond acceptors (Lipinski definition) is 3. The Kier molecular flexibility index (Phi) is 4.68. The molecule has 1 aromatic carbocycles. The summed E-state index contributed by atoms with van der Waals surface area (Å²) < 4.78 is 0. The topological polar surface area (TPSA) is 72.9 Å². The van der Waals surface area contributed by atoms with Crippen molar-refractivity contribution in [3.63, 3.8) is 0 Å². The third-order valence-electron chi connectivity index (χ3n) is 3.15. The molecule has 0 aliphatic carbocycles. The maximum absolute atomic E-state index is 11.7. The van der Waals surface area contributed by atoms with Crippen LogP contribution in [0.1, 0.15) is 0 Å². The maximum Gasteiger partial charge on any atom is 0.323 e. The Morgan fingerprint density at radius 2 is 1.85 bits per heavy atom. The number of para-hydroxylation sites is 1. The number of nitrogens with one attached hydrogen (secondary N) is 1. The van der Waals surface area contributed by atoms with Crippen molar-refractivity contribution in [2.24, 2.45) is 0 Å². The predicted molar refractivity (Wildman–Crippen MR) is 76.3 cm³/mol. The number of amides is 2. The van der Waals surface area contributed by atoms with Gasteiger partial charge in [0.15, 0.2) is 0 Å². The van der Waals surface area contributed by atoms with Gasteiger partial charge in [0.2, 0.25) is 0 Å². The second-order valence-electron chi connectivity index (χ2n) is 4.48. The molecule has 2 N–H and O–H groups in total. The lowest BCUT2D eigenvalue weighted by Gasteiger charge is -2.36. The van der Waals surface area contributed by atoms with Crippen molar-refractivity contribution >= 4 is 29.3 Å². The Morgan fingerprint density at radius 1 is 1.20 bits per heavy atom. The van der Waals surface area contributed by atoms with Crippen molar-refractivity contribution in [2.45, 2.75) is 0 Å². The number of carbonyl (C=O) groups excluding carboxylic acids is 1. The van der Waals surface area contributed by atoms with Gasteiger partial charge >= 0.3 is 12.0 Å². The molecule has 1 aromatic rings. The zero-order valence-corrected chi connectivity index (χ0v) is 11.6. The smallest absolute Gasteiger partial charge is 0.323 e. The van der Waals surface area contributed by atoms with Gasteiger partial charge in [-0.1, -0.05) is 23.7 Å². The van der Waals surface area contributed by atoms with E-state index in [1.807, 2.05) is 24.3 Å². The number of halogens is 1. The quantitative estimate of drug-likeness (QED) is 0.881. The highest BCUT2D eigenvalue weighted by Crippen LogP contribution is 2.25. The minimum Gasteiger partial charge on any atom is -0.480 e. The third-order valence-corrected chi connectivity index (χ3v) is 3.47. The maximum atomic E-state index is 11.7. The molecule has 0 aromatic heterocycles. The first-order chi connectivity index (χ1) is 9.58. The van der Waals surface area contributed by atoms with Gasteiger partial charge in [0.25, 0.3) is 0 Å². The number of aliphatic carboxylic acids is 1. The molecule has 0 saturated carbocycles. The molecule has 0 bridgehead atoms. The van der Waals surface area contributed by atoms with Crippen molar-refractivity contribution < 1.29 is 14.7 Å². The first-order valence-corrected chi connectivity index (χ1v) is 6.70. The summed E-state index contributed by atoms with van der Waals surface area (Å²) in [5.74, 6) is -1.05. The van der Waals surface area contributed by atoms with E-state index in [2.05, 4.69) is 10.2 Å². The van der Waals surface area contributed by atoms with E-state index in [1.54, 1.807) is 4.90 Å². The molecule has 2 rings (SSSR count). The van der Waals surface area contributed by atoms with E-state index in [0.717, 1.165) is 5.69 Å². The van der Waals surface area contributed by atoms with Crippen LogP contribution >= 0.6 is 11.6 Å². The number of piperazine rings is 1. The minimum atomic E-state index is -1.05. The molecule has 0 unspecified atom stereocenters. The number of carboxylic acid groups (broad SMARTS) is 1. The molecular formula is C13H16ClN3O3. The summed E-state index contributed by atoms with van der Waals surface area (Å²) in [6.45, 7) is 2.06. The highest BCUT2D eigenvalue weighted by Gasteiger charge is 2.22. The lowest BCUT2D eigenvalue weighted by Crippen LogP contribution is -2.52. The standard InChI is InChI=1S/C13H16ClN3O3/c14-10-3-1-2-4-11(10)16-5-7-17(8-6-16)13(20)15-9-12(18)19/h1-4H,5-9H2,(H,15,20)(H,18,19). The summed E-state index contributed by atoms with van der Waals surface area (Å²) >= 11 is 6.14. The lowest BCUT2D eigenvalue weighted by molar-refractivity contribution is -0.135. The summed E-state index contributed by atoms with van der Waals surface area (Å²) in [5.41, 5.74) is 0.958. The van der Waals surface area contributed by atoms with Gasteiger partial charge in [-0.3, -0.25) is 4.79 Å². The van der Waals surface area contributed by atoms with Gasteiger partial charge in [0.1, 0.15) is 6.54 Å². The number of urea groups is 1. The molecule has 1 saturated heterocycles. The summed E-state index contributed by atoms with van der Waals surface area (Å²) in [4.78, 5) is 25.8. The molecule has 1 heterocycles. The van der Waals surface area contributed by atoms with E-state index in [-0.39, 0.29) is 12.6 Å². The van der Waals surface area contributed by atoms with Crippen molar-refractivity contribution in [3.05, 3.63) is 29.3 Å². The normalized spacial score (nSPS) is 15.1. The SMILES string of the molecule is O=C(O)CNC(=O)N1CCN(c2ccccc2Cl)CC1. The average Bonchev–Trinajstić information content (AvgIpc) is 2.45. The fourth-order valence-electron chi connectivity index (χ4n) is 2.12. The van der Waals surface area contributed by atoms with Crippen molar-refractivity contribution in [2.75, 3.05) is 37.6 Å². The fourth-order valence-corrected chi connectivity index (χ4v) is 2.38. The van der Waals surface area contributed by atoms with Crippen LogP contribution in [0.25, 0.3) is 0 Å². The molecule has 1 aliphatic rings. The summed E-state index contributed by atoms with van der Waals surface area (Å²) in [6.07, 6.45) is 0. The number of nitrogens with zero attached hydrogens (tertiary/aromatic N) is 2. The van der Waals surface area contributed by atoms with E-state index in [1.165, 1.54) is 0 Å². The highest BCUT2D eigenvalue weighted by atomic mass is 35.5. The molecule has 0 spiro atoms. The molecule has 2 amide bonds. The van der Waals surface area contributed by atoms with E-state index in [0.29, 0.717) is 31.2 Å². The van der Waals surface area contributed by atoms with Gasteiger partial charge in [-0.15, -0.1) is 0 Å². The number of benzene rings is 1. The van der Waals surface area contributed by atoms with E-state index >= 15 is 0 Å². The number of anilines is 1. The number of rotatable bonds is 3. The van der Waals surface area contributed by atoms with Crippen LogP contribution in [-0.2, 0) is 4.79 Å². The largest absolute Gasteiger partial charge is 0.480 e. The Bertz CT molecular complexity index is 501. The van der Waals surface area contributed by atoms with E-state index in [9.17, 15) is 9.59 Å². The predicted octanol–water partition coefficient (Wildman–Crippen LogP) is 1.26. The van der Waals surface area contributed by atoms with E-state index in [4.69, 9.17) is 16.7 Å². The molecule has 20 heavy (non-hydrogen) atoms. The minimum absolute atomic E-state index is 0.341. The molecule has 6 nitrogen and oxygen atoms in total. The molecule has 1 aliphatic heterocycles.